The van der Waals surface area contributed by atoms with Crippen LogP contribution in [0.1, 0.15) is 20.8 Å². The number of piperazine rings is 1. The Morgan fingerprint density at radius 2 is 2.43 bits per heavy atom. The fourth-order valence-corrected chi connectivity index (χ4v) is 2.43. The van der Waals surface area contributed by atoms with E-state index in [0.717, 1.165) is 24.7 Å². The Kier molecular flexibility index (Phi) is 5.38. The van der Waals surface area contributed by atoms with Crippen LogP contribution in [0.15, 0.2) is 18.3 Å². The number of ether oxygens (including phenoxy) is 1. The monoisotopic (exact) mass is 292 g/mol. The van der Waals surface area contributed by atoms with Gasteiger partial charge in [0.2, 0.25) is 5.91 Å². The average Bonchev–Trinajstić information content (AvgIpc) is 2.47. The number of hydrogen-bond donors (Lipinski definition) is 2. The fourth-order valence-electron chi connectivity index (χ4n) is 2.43. The van der Waals surface area contributed by atoms with Gasteiger partial charge in [0.05, 0.1) is 6.10 Å². The van der Waals surface area contributed by atoms with Crippen LogP contribution < -0.4 is 20.3 Å². The number of nitrogens with one attached hydrogen (secondary N) is 2. The van der Waals surface area contributed by atoms with E-state index in [0.29, 0.717) is 13.1 Å². The Bertz CT molecular complexity index is 478. The molecule has 1 saturated heterocycles. The molecule has 2 heterocycles. The largest absolute Gasteiger partial charge is 0.487 e. The molecule has 1 atom stereocenters. The number of pyridine rings is 1. The SMILES string of the molecule is CCNC(=O)C1CNCCN1c1ncccc1OC(C)C. The van der Waals surface area contributed by atoms with Gasteiger partial charge in [-0.1, -0.05) is 0 Å². The first-order valence-corrected chi connectivity index (χ1v) is 7.50. The first-order chi connectivity index (χ1) is 10.1. The number of likely N-dealkylation sites (N-methyl/N-ethyl adjacent to an activating group) is 1. The summed E-state index contributed by atoms with van der Waals surface area (Å²) in [6.07, 6.45) is 1.80. The molecule has 0 spiro atoms. The van der Waals surface area contributed by atoms with E-state index in [-0.39, 0.29) is 18.1 Å². The molecular formula is C15H24N4O2. The van der Waals surface area contributed by atoms with Crippen molar-refractivity contribution in [3.8, 4) is 5.75 Å². The van der Waals surface area contributed by atoms with Gasteiger partial charge >= 0.3 is 0 Å². The number of amides is 1. The maximum Gasteiger partial charge on any atom is 0.244 e. The molecule has 6 nitrogen and oxygen atoms in total. The predicted molar refractivity (Wildman–Crippen MR) is 82.7 cm³/mol. The van der Waals surface area contributed by atoms with Crippen molar-refractivity contribution in [1.82, 2.24) is 15.6 Å². The van der Waals surface area contributed by atoms with E-state index in [9.17, 15) is 4.79 Å². The highest BCUT2D eigenvalue weighted by atomic mass is 16.5. The molecule has 0 bridgehead atoms. The summed E-state index contributed by atoms with van der Waals surface area (Å²) >= 11 is 0. The minimum Gasteiger partial charge on any atom is -0.487 e. The lowest BCUT2D eigenvalue weighted by Gasteiger charge is -2.36. The molecule has 0 saturated carbocycles. The van der Waals surface area contributed by atoms with E-state index in [1.54, 1.807) is 6.20 Å². The Balaban J connectivity index is 2.26. The summed E-state index contributed by atoms with van der Waals surface area (Å²) in [7, 11) is 0. The van der Waals surface area contributed by atoms with E-state index in [1.807, 2.05) is 37.8 Å². The van der Waals surface area contributed by atoms with E-state index < -0.39 is 0 Å². The maximum atomic E-state index is 12.3. The second kappa shape index (κ2) is 7.26. The quantitative estimate of drug-likeness (QED) is 0.839. The minimum atomic E-state index is -0.261. The van der Waals surface area contributed by atoms with E-state index in [2.05, 4.69) is 15.6 Å². The molecule has 1 aliphatic rings. The highest BCUT2D eigenvalue weighted by molar-refractivity contribution is 5.86. The standard InChI is InChI=1S/C15H24N4O2/c1-4-17-15(20)12-10-16-8-9-19(12)14-13(21-11(2)3)6-5-7-18-14/h5-7,11-12,16H,4,8-10H2,1-3H3,(H,17,20). The van der Waals surface area contributed by atoms with Crippen LogP contribution in [0.3, 0.4) is 0 Å². The van der Waals surface area contributed by atoms with Gasteiger partial charge in [-0.15, -0.1) is 0 Å². The third-order valence-electron chi connectivity index (χ3n) is 3.28. The van der Waals surface area contributed by atoms with Crippen molar-refractivity contribution in [1.29, 1.82) is 0 Å². The second-order valence-electron chi connectivity index (χ2n) is 5.30. The highest BCUT2D eigenvalue weighted by Gasteiger charge is 2.31. The van der Waals surface area contributed by atoms with Gasteiger partial charge in [0.25, 0.3) is 0 Å². The highest BCUT2D eigenvalue weighted by Crippen LogP contribution is 2.28. The van der Waals surface area contributed by atoms with E-state index >= 15 is 0 Å². The molecule has 1 amide bonds. The van der Waals surface area contributed by atoms with Crippen molar-refractivity contribution in [2.45, 2.75) is 32.9 Å². The normalized spacial score (nSPS) is 18.7. The van der Waals surface area contributed by atoms with Crippen molar-refractivity contribution in [3.05, 3.63) is 18.3 Å². The molecule has 1 aliphatic heterocycles. The minimum absolute atomic E-state index is 0.0193. The van der Waals surface area contributed by atoms with Crippen LogP contribution >= 0.6 is 0 Å². The van der Waals surface area contributed by atoms with Crippen LogP contribution in [0.5, 0.6) is 5.75 Å². The number of rotatable bonds is 5. The topological polar surface area (TPSA) is 66.5 Å². The summed E-state index contributed by atoms with van der Waals surface area (Å²) in [5.74, 6) is 1.48. The summed E-state index contributed by atoms with van der Waals surface area (Å²) in [4.78, 5) is 18.7. The zero-order valence-electron chi connectivity index (χ0n) is 12.9. The molecule has 116 valence electrons. The van der Waals surface area contributed by atoms with Crippen LogP contribution in [-0.2, 0) is 4.79 Å². The number of hydrogen-bond acceptors (Lipinski definition) is 5. The van der Waals surface area contributed by atoms with Gasteiger partial charge in [0.1, 0.15) is 6.04 Å². The van der Waals surface area contributed by atoms with Gasteiger partial charge in [-0.3, -0.25) is 4.79 Å². The van der Waals surface area contributed by atoms with Crippen LogP contribution in [0.4, 0.5) is 5.82 Å². The van der Waals surface area contributed by atoms with Crippen molar-refractivity contribution < 1.29 is 9.53 Å². The van der Waals surface area contributed by atoms with Crippen molar-refractivity contribution >= 4 is 11.7 Å². The van der Waals surface area contributed by atoms with Crippen LogP contribution in [0, 0.1) is 0 Å². The van der Waals surface area contributed by atoms with Gasteiger partial charge in [-0.25, -0.2) is 4.98 Å². The fraction of sp³-hybridized carbons (Fsp3) is 0.600. The molecule has 6 heteroatoms. The summed E-state index contributed by atoms with van der Waals surface area (Å²) < 4.78 is 5.83. The van der Waals surface area contributed by atoms with Gasteiger partial charge < -0.3 is 20.3 Å². The number of aromatic nitrogens is 1. The van der Waals surface area contributed by atoms with Gasteiger partial charge in [0.15, 0.2) is 11.6 Å². The lowest BCUT2D eigenvalue weighted by molar-refractivity contribution is -0.122. The summed E-state index contributed by atoms with van der Waals surface area (Å²) in [5, 5.41) is 6.15. The van der Waals surface area contributed by atoms with Crippen molar-refractivity contribution in [2.75, 3.05) is 31.1 Å². The van der Waals surface area contributed by atoms with Crippen molar-refractivity contribution in [2.24, 2.45) is 0 Å². The molecule has 21 heavy (non-hydrogen) atoms. The van der Waals surface area contributed by atoms with Crippen molar-refractivity contribution in [3.63, 3.8) is 0 Å². The molecule has 0 aromatic carbocycles. The van der Waals surface area contributed by atoms with E-state index in [4.69, 9.17) is 4.74 Å². The maximum absolute atomic E-state index is 12.3. The summed E-state index contributed by atoms with van der Waals surface area (Å²) in [6.45, 7) is 8.68. The van der Waals surface area contributed by atoms with Crippen LogP contribution in [0.25, 0.3) is 0 Å². The summed E-state index contributed by atoms with van der Waals surface area (Å²) in [6, 6.07) is 3.49. The Morgan fingerprint density at radius 1 is 1.62 bits per heavy atom. The molecule has 0 aliphatic carbocycles. The van der Waals surface area contributed by atoms with Crippen LogP contribution in [0.2, 0.25) is 0 Å². The Labute approximate surface area is 125 Å². The first kappa shape index (κ1) is 15.6. The smallest absolute Gasteiger partial charge is 0.244 e. The molecule has 1 unspecified atom stereocenters. The Hall–Kier alpha value is -1.82. The summed E-state index contributed by atoms with van der Waals surface area (Å²) in [5.41, 5.74) is 0. The zero-order chi connectivity index (χ0) is 15.2. The van der Waals surface area contributed by atoms with Gasteiger partial charge in [-0.05, 0) is 32.9 Å². The lowest BCUT2D eigenvalue weighted by atomic mass is 10.1. The lowest BCUT2D eigenvalue weighted by Crippen LogP contribution is -2.58. The second-order valence-corrected chi connectivity index (χ2v) is 5.30. The molecule has 0 radical (unpaired) electrons. The van der Waals surface area contributed by atoms with E-state index in [1.165, 1.54) is 0 Å². The van der Waals surface area contributed by atoms with Gasteiger partial charge in [0, 0.05) is 32.4 Å². The molecule has 1 aromatic heterocycles. The average molecular weight is 292 g/mol. The van der Waals surface area contributed by atoms with Gasteiger partial charge in [-0.2, -0.15) is 0 Å². The predicted octanol–water partition coefficient (Wildman–Crippen LogP) is 0.783. The molecular weight excluding hydrogens is 268 g/mol. The molecule has 1 aromatic rings. The molecule has 2 N–H and O–H groups in total. The number of anilines is 1. The number of carbonyl (C=O) groups is 1. The van der Waals surface area contributed by atoms with Crippen LogP contribution in [-0.4, -0.2) is 49.2 Å². The third kappa shape index (κ3) is 3.85. The zero-order valence-corrected chi connectivity index (χ0v) is 12.9. The first-order valence-electron chi connectivity index (χ1n) is 7.50. The molecule has 2 rings (SSSR count). The molecule has 1 fully saturated rings. The Morgan fingerprint density at radius 3 is 3.14 bits per heavy atom. The third-order valence-corrected chi connectivity index (χ3v) is 3.28. The number of nitrogens with zero attached hydrogens (tertiary/aromatic N) is 2. The number of carbonyl (C=O) groups excluding carboxylic acids is 1.